The number of ether oxygens (including phenoxy) is 1. The highest BCUT2D eigenvalue weighted by molar-refractivity contribution is 5.76. The number of carbonyl (C=O) groups excluding carboxylic acids is 1. The number of pyridine rings is 1. The zero-order valence-electron chi connectivity index (χ0n) is 14.2. The van der Waals surface area contributed by atoms with Gasteiger partial charge in [0.2, 0.25) is 5.91 Å². The highest BCUT2D eigenvalue weighted by Gasteiger charge is 2.34. The number of nitrogens with one attached hydrogen (secondary N) is 1. The van der Waals surface area contributed by atoms with Gasteiger partial charge in [-0.05, 0) is 38.5 Å². The zero-order valence-corrected chi connectivity index (χ0v) is 14.2. The van der Waals surface area contributed by atoms with Crippen LogP contribution in [0.25, 0.3) is 0 Å². The largest absolute Gasteiger partial charge is 0.487 e. The minimum Gasteiger partial charge on any atom is -0.487 e. The van der Waals surface area contributed by atoms with Crippen LogP contribution in [0.1, 0.15) is 37.4 Å². The number of hydrogen-bond donors (Lipinski definition) is 1. The van der Waals surface area contributed by atoms with Gasteiger partial charge in [-0.15, -0.1) is 0 Å². The van der Waals surface area contributed by atoms with Crippen LogP contribution >= 0.6 is 0 Å². The molecule has 1 atom stereocenters. The predicted octanol–water partition coefficient (Wildman–Crippen LogP) is 2.58. The van der Waals surface area contributed by atoms with Gasteiger partial charge >= 0.3 is 0 Å². The molecule has 0 aliphatic carbocycles. The third kappa shape index (κ3) is 3.50. The van der Waals surface area contributed by atoms with Crippen molar-refractivity contribution in [2.24, 2.45) is 0 Å². The number of hydrogen-bond acceptors (Lipinski definition) is 3. The molecule has 5 heteroatoms. The summed E-state index contributed by atoms with van der Waals surface area (Å²) in [4.78, 5) is 24.2. The van der Waals surface area contributed by atoms with Crippen molar-refractivity contribution in [1.29, 1.82) is 0 Å². The first kappa shape index (κ1) is 16.3. The molecule has 0 bridgehead atoms. The lowest BCUT2D eigenvalue weighted by Crippen LogP contribution is -2.42. The summed E-state index contributed by atoms with van der Waals surface area (Å²) >= 11 is 0. The lowest BCUT2D eigenvalue weighted by molar-refractivity contribution is -0.123. The summed E-state index contributed by atoms with van der Waals surface area (Å²) in [6.45, 7) is 6.05. The van der Waals surface area contributed by atoms with Gasteiger partial charge < -0.3 is 14.6 Å². The van der Waals surface area contributed by atoms with Crippen LogP contribution in [0.2, 0.25) is 0 Å². The van der Waals surface area contributed by atoms with Crippen molar-refractivity contribution in [3.8, 4) is 5.75 Å². The molecule has 1 aliphatic heterocycles. The molecule has 1 aromatic carbocycles. The predicted molar refractivity (Wildman–Crippen MR) is 92.1 cm³/mol. The molecule has 0 fully saturated rings. The van der Waals surface area contributed by atoms with E-state index in [0.717, 1.165) is 16.9 Å². The Balaban J connectivity index is 1.81. The molecule has 3 rings (SSSR count). The number of amides is 1. The maximum absolute atomic E-state index is 12.4. The average molecular weight is 326 g/mol. The van der Waals surface area contributed by atoms with E-state index in [1.54, 1.807) is 18.3 Å². The Labute approximate surface area is 141 Å². The minimum absolute atomic E-state index is 0.0126. The first-order valence-electron chi connectivity index (χ1n) is 8.08. The van der Waals surface area contributed by atoms with Gasteiger partial charge in [-0.25, -0.2) is 0 Å². The van der Waals surface area contributed by atoms with E-state index in [9.17, 15) is 9.59 Å². The van der Waals surface area contributed by atoms with Crippen LogP contribution in [0.15, 0.2) is 47.4 Å². The van der Waals surface area contributed by atoms with Crippen molar-refractivity contribution in [3.63, 3.8) is 0 Å². The van der Waals surface area contributed by atoms with Crippen molar-refractivity contribution in [1.82, 2.24) is 9.88 Å². The molecular weight excluding hydrogens is 304 g/mol. The fraction of sp³-hybridized carbons (Fsp3) is 0.368. The molecule has 1 aromatic heterocycles. The number of carbonyl (C=O) groups is 1. The number of aryl methyl sites for hydroxylation is 1. The third-order valence-electron chi connectivity index (χ3n) is 4.17. The van der Waals surface area contributed by atoms with Crippen molar-refractivity contribution >= 4 is 5.91 Å². The minimum atomic E-state index is -0.359. The Morgan fingerprint density at radius 2 is 2.12 bits per heavy atom. The SMILES string of the molecule is Cc1ccc2c(c1)OC(C)(C)C[C@H]2NC(=O)Cn1ccccc1=O. The highest BCUT2D eigenvalue weighted by atomic mass is 16.5. The first-order chi connectivity index (χ1) is 11.3. The summed E-state index contributed by atoms with van der Waals surface area (Å²) in [5.74, 6) is 0.631. The quantitative estimate of drug-likeness (QED) is 0.943. The molecule has 1 aliphatic rings. The van der Waals surface area contributed by atoms with Crippen LogP contribution < -0.4 is 15.6 Å². The Kier molecular flexibility index (Phi) is 4.18. The van der Waals surface area contributed by atoms with Crippen molar-refractivity contribution < 1.29 is 9.53 Å². The van der Waals surface area contributed by atoms with Crippen LogP contribution in [0.3, 0.4) is 0 Å². The monoisotopic (exact) mass is 326 g/mol. The number of fused-ring (bicyclic) bond motifs is 1. The second-order valence-electron chi connectivity index (χ2n) is 6.89. The lowest BCUT2D eigenvalue weighted by Gasteiger charge is -2.38. The summed E-state index contributed by atoms with van der Waals surface area (Å²) in [5.41, 5.74) is 1.56. The number of nitrogens with zero attached hydrogens (tertiary/aromatic N) is 1. The highest BCUT2D eigenvalue weighted by Crippen LogP contribution is 2.39. The molecule has 0 radical (unpaired) electrons. The molecule has 0 spiro atoms. The van der Waals surface area contributed by atoms with Gasteiger partial charge in [0.15, 0.2) is 0 Å². The standard InChI is InChI=1S/C19H22N2O3/c1-13-7-8-14-15(11-19(2,3)24-16(14)10-13)20-17(22)12-21-9-5-4-6-18(21)23/h4-10,15H,11-12H2,1-3H3,(H,20,22)/t15-/m1/s1. The molecule has 1 N–H and O–H groups in total. The van der Waals surface area contributed by atoms with E-state index in [4.69, 9.17) is 4.74 Å². The summed E-state index contributed by atoms with van der Waals surface area (Å²) < 4.78 is 7.44. The molecule has 0 saturated carbocycles. The average Bonchev–Trinajstić information content (AvgIpc) is 2.48. The van der Waals surface area contributed by atoms with E-state index in [1.807, 2.05) is 39.0 Å². The fourth-order valence-electron chi connectivity index (χ4n) is 3.07. The van der Waals surface area contributed by atoms with Gasteiger partial charge in [0.1, 0.15) is 17.9 Å². The summed E-state index contributed by atoms with van der Waals surface area (Å²) in [7, 11) is 0. The Morgan fingerprint density at radius 1 is 1.33 bits per heavy atom. The zero-order chi connectivity index (χ0) is 17.3. The number of aromatic nitrogens is 1. The smallest absolute Gasteiger partial charge is 0.250 e. The third-order valence-corrected chi connectivity index (χ3v) is 4.17. The van der Waals surface area contributed by atoms with E-state index in [-0.39, 0.29) is 29.7 Å². The summed E-state index contributed by atoms with van der Waals surface area (Å²) in [6.07, 6.45) is 2.30. The Bertz CT molecular complexity index is 823. The normalized spacial score (nSPS) is 18.4. The van der Waals surface area contributed by atoms with Gasteiger partial charge in [0, 0.05) is 24.2 Å². The van der Waals surface area contributed by atoms with Gasteiger partial charge in [0.25, 0.3) is 5.56 Å². The van der Waals surface area contributed by atoms with Crippen LogP contribution in [0.4, 0.5) is 0 Å². The molecule has 0 unspecified atom stereocenters. The second kappa shape index (κ2) is 6.15. The fourth-order valence-corrected chi connectivity index (χ4v) is 3.07. The van der Waals surface area contributed by atoms with E-state index in [1.165, 1.54) is 10.6 Å². The van der Waals surface area contributed by atoms with E-state index in [0.29, 0.717) is 6.42 Å². The molecule has 0 saturated heterocycles. The molecule has 2 aromatic rings. The maximum atomic E-state index is 12.4. The number of benzene rings is 1. The second-order valence-corrected chi connectivity index (χ2v) is 6.89. The van der Waals surface area contributed by atoms with Crippen LogP contribution in [0.5, 0.6) is 5.75 Å². The Morgan fingerprint density at radius 3 is 2.88 bits per heavy atom. The Hall–Kier alpha value is -2.56. The van der Waals surface area contributed by atoms with Crippen LogP contribution in [-0.4, -0.2) is 16.1 Å². The molecule has 126 valence electrons. The van der Waals surface area contributed by atoms with Crippen molar-refractivity contribution in [2.45, 2.75) is 45.4 Å². The summed E-state index contributed by atoms with van der Waals surface area (Å²) in [5, 5.41) is 3.05. The topological polar surface area (TPSA) is 60.3 Å². The summed E-state index contributed by atoms with van der Waals surface area (Å²) in [6, 6.07) is 10.7. The maximum Gasteiger partial charge on any atom is 0.250 e. The molecule has 2 heterocycles. The first-order valence-corrected chi connectivity index (χ1v) is 8.08. The van der Waals surface area contributed by atoms with E-state index in [2.05, 4.69) is 5.32 Å². The molecular formula is C19H22N2O3. The van der Waals surface area contributed by atoms with Crippen LogP contribution in [-0.2, 0) is 11.3 Å². The van der Waals surface area contributed by atoms with Gasteiger partial charge in [-0.2, -0.15) is 0 Å². The van der Waals surface area contributed by atoms with Gasteiger partial charge in [-0.3, -0.25) is 9.59 Å². The van der Waals surface area contributed by atoms with Crippen molar-refractivity contribution in [2.75, 3.05) is 0 Å². The van der Waals surface area contributed by atoms with E-state index >= 15 is 0 Å². The molecule has 1 amide bonds. The van der Waals surface area contributed by atoms with E-state index < -0.39 is 0 Å². The van der Waals surface area contributed by atoms with Gasteiger partial charge in [-0.1, -0.05) is 18.2 Å². The van der Waals surface area contributed by atoms with Crippen LogP contribution in [0, 0.1) is 6.92 Å². The molecule has 24 heavy (non-hydrogen) atoms. The van der Waals surface area contributed by atoms with Gasteiger partial charge in [0.05, 0.1) is 6.04 Å². The van der Waals surface area contributed by atoms with Crippen molar-refractivity contribution in [3.05, 3.63) is 64.1 Å². The molecule has 5 nitrogen and oxygen atoms in total. The lowest BCUT2D eigenvalue weighted by atomic mass is 9.89. The number of rotatable bonds is 3.